The van der Waals surface area contributed by atoms with Crippen LogP contribution >= 0.6 is 0 Å². The number of likely N-dealkylation sites (tertiary alicyclic amines) is 1. The highest BCUT2D eigenvalue weighted by Crippen LogP contribution is 2.31. The van der Waals surface area contributed by atoms with Gasteiger partial charge in [0, 0.05) is 49.2 Å². The lowest BCUT2D eigenvalue weighted by Gasteiger charge is -2.30. The number of piperidine rings is 1. The number of hydrogen-bond donors (Lipinski definition) is 1. The predicted molar refractivity (Wildman–Crippen MR) is 135 cm³/mol. The van der Waals surface area contributed by atoms with E-state index in [1.165, 1.54) is 0 Å². The van der Waals surface area contributed by atoms with E-state index < -0.39 is 0 Å². The number of benzene rings is 2. The van der Waals surface area contributed by atoms with Crippen molar-refractivity contribution in [1.29, 1.82) is 0 Å². The number of nitrogens with zero attached hydrogens (tertiary/aromatic N) is 2. The van der Waals surface area contributed by atoms with Crippen molar-refractivity contribution in [2.24, 2.45) is 5.92 Å². The molecule has 1 saturated heterocycles. The Labute approximate surface area is 205 Å². The van der Waals surface area contributed by atoms with Crippen molar-refractivity contribution in [2.45, 2.75) is 19.4 Å². The van der Waals surface area contributed by atoms with Crippen LogP contribution < -0.4 is 14.8 Å². The smallest absolute Gasteiger partial charge is 0.246 e. The van der Waals surface area contributed by atoms with Gasteiger partial charge in [0.1, 0.15) is 6.61 Å². The first-order valence-electron chi connectivity index (χ1n) is 11.6. The molecule has 1 fully saturated rings. The average molecular weight is 472 g/mol. The predicted octanol–water partition coefficient (Wildman–Crippen LogP) is 4.56. The molecule has 7 nitrogen and oxygen atoms in total. The molecular weight excluding hydrogens is 442 g/mol. The van der Waals surface area contributed by atoms with E-state index in [-0.39, 0.29) is 17.7 Å². The van der Waals surface area contributed by atoms with Gasteiger partial charge in [0.25, 0.3) is 0 Å². The van der Waals surface area contributed by atoms with Crippen LogP contribution in [0.3, 0.4) is 0 Å². The van der Waals surface area contributed by atoms with Gasteiger partial charge >= 0.3 is 0 Å². The average Bonchev–Trinajstić information content (AvgIpc) is 2.92. The molecule has 0 bridgehead atoms. The summed E-state index contributed by atoms with van der Waals surface area (Å²) >= 11 is 0. The third-order valence-electron chi connectivity index (χ3n) is 5.97. The van der Waals surface area contributed by atoms with Crippen LogP contribution in [-0.4, -0.2) is 41.9 Å². The van der Waals surface area contributed by atoms with Gasteiger partial charge in [-0.3, -0.25) is 14.6 Å². The second-order valence-corrected chi connectivity index (χ2v) is 8.34. The van der Waals surface area contributed by atoms with Crippen LogP contribution in [0, 0.1) is 5.92 Å². The molecule has 0 unspecified atom stereocenters. The number of pyridine rings is 1. The van der Waals surface area contributed by atoms with Crippen molar-refractivity contribution in [3.8, 4) is 11.5 Å². The van der Waals surface area contributed by atoms with E-state index in [4.69, 9.17) is 9.47 Å². The Hall–Kier alpha value is -4.13. The number of nitrogens with one attached hydrogen (secondary N) is 1. The van der Waals surface area contributed by atoms with E-state index in [9.17, 15) is 9.59 Å². The van der Waals surface area contributed by atoms with E-state index in [1.807, 2.05) is 48.5 Å². The van der Waals surface area contributed by atoms with Crippen molar-refractivity contribution in [2.75, 3.05) is 25.5 Å². The van der Waals surface area contributed by atoms with Crippen molar-refractivity contribution in [3.05, 3.63) is 90.3 Å². The quantitative estimate of drug-likeness (QED) is 0.487. The second kappa shape index (κ2) is 11.8. The minimum absolute atomic E-state index is 0.0288. The maximum atomic E-state index is 12.9. The molecule has 2 aromatic carbocycles. The molecule has 35 heavy (non-hydrogen) atoms. The van der Waals surface area contributed by atoms with Crippen LogP contribution in [0.4, 0.5) is 5.69 Å². The van der Waals surface area contributed by atoms with E-state index in [0.717, 1.165) is 11.1 Å². The summed E-state index contributed by atoms with van der Waals surface area (Å²) in [4.78, 5) is 31.2. The summed E-state index contributed by atoms with van der Waals surface area (Å²) in [6.45, 7) is 1.47. The number of carbonyl (C=O) groups excluding carboxylic acids is 2. The van der Waals surface area contributed by atoms with E-state index >= 15 is 0 Å². The Bertz CT molecular complexity index is 1160. The van der Waals surface area contributed by atoms with Crippen molar-refractivity contribution < 1.29 is 19.1 Å². The Morgan fingerprint density at radius 3 is 2.49 bits per heavy atom. The minimum Gasteiger partial charge on any atom is -0.493 e. The summed E-state index contributed by atoms with van der Waals surface area (Å²) < 4.78 is 11.3. The van der Waals surface area contributed by atoms with Gasteiger partial charge in [-0.25, -0.2) is 0 Å². The fourth-order valence-corrected chi connectivity index (χ4v) is 3.95. The highest BCUT2D eigenvalue weighted by molar-refractivity contribution is 5.94. The standard InChI is InChI=1S/C28H29N3O4/c1-34-25-9-8-24(19-26(25)35-20-22-11-15-29-16-12-22)30-28(33)23-13-17-31(18-14-23)27(32)10-7-21-5-3-2-4-6-21/h2-12,15-16,19,23H,13-14,17-18,20H2,1H3,(H,30,33)/b10-7+. The zero-order chi connectivity index (χ0) is 24.5. The largest absolute Gasteiger partial charge is 0.493 e. The molecule has 2 heterocycles. The third kappa shape index (κ3) is 6.69. The summed E-state index contributed by atoms with van der Waals surface area (Å²) in [5, 5.41) is 2.99. The first kappa shape index (κ1) is 24.0. The maximum absolute atomic E-state index is 12.9. The number of ether oxygens (including phenoxy) is 2. The van der Waals surface area contributed by atoms with Crippen LogP contribution in [0.25, 0.3) is 6.08 Å². The number of anilines is 1. The van der Waals surface area contributed by atoms with E-state index in [2.05, 4.69) is 10.3 Å². The molecule has 1 aliphatic heterocycles. The molecule has 3 aromatic rings. The lowest BCUT2D eigenvalue weighted by molar-refractivity contribution is -0.130. The molecule has 0 radical (unpaired) electrons. The van der Waals surface area contributed by atoms with Crippen LogP contribution in [-0.2, 0) is 16.2 Å². The molecule has 0 spiro atoms. The Morgan fingerprint density at radius 1 is 1.03 bits per heavy atom. The van der Waals surface area contributed by atoms with E-state index in [0.29, 0.717) is 49.7 Å². The Balaban J connectivity index is 1.30. The van der Waals surface area contributed by atoms with Crippen molar-refractivity contribution in [1.82, 2.24) is 9.88 Å². The number of rotatable bonds is 8. The highest BCUT2D eigenvalue weighted by Gasteiger charge is 2.26. The molecule has 1 aliphatic rings. The lowest BCUT2D eigenvalue weighted by Crippen LogP contribution is -2.40. The summed E-state index contributed by atoms with van der Waals surface area (Å²) in [6, 6.07) is 18.8. The highest BCUT2D eigenvalue weighted by atomic mass is 16.5. The number of aromatic nitrogens is 1. The Morgan fingerprint density at radius 2 is 1.77 bits per heavy atom. The van der Waals surface area contributed by atoms with Gasteiger partial charge in [-0.2, -0.15) is 0 Å². The second-order valence-electron chi connectivity index (χ2n) is 8.34. The maximum Gasteiger partial charge on any atom is 0.246 e. The molecule has 180 valence electrons. The summed E-state index contributed by atoms with van der Waals surface area (Å²) in [7, 11) is 1.58. The van der Waals surface area contributed by atoms with Gasteiger partial charge in [-0.15, -0.1) is 0 Å². The van der Waals surface area contributed by atoms with Crippen molar-refractivity contribution in [3.63, 3.8) is 0 Å². The van der Waals surface area contributed by atoms with Crippen LogP contribution in [0.5, 0.6) is 11.5 Å². The normalized spacial score (nSPS) is 14.0. The van der Waals surface area contributed by atoms with Gasteiger partial charge in [0.05, 0.1) is 7.11 Å². The van der Waals surface area contributed by atoms with E-state index in [1.54, 1.807) is 48.7 Å². The van der Waals surface area contributed by atoms with Crippen LogP contribution in [0.15, 0.2) is 79.1 Å². The molecule has 4 rings (SSSR count). The van der Waals surface area contributed by atoms with Gasteiger partial charge in [0.2, 0.25) is 11.8 Å². The summed E-state index contributed by atoms with van der Waals surface area (Å²) in [5.41, 5.74) is 2.61. The fraction of sp³-hybridized carbons (Fsp3) is 0.250. The van der Waals surface area contributed by atoms with Crippen molar-refractivity contribution >= 4 is 23.6 Å². The van der Waals surface area contributed by atoms with Gasteiger partial charge in [-0.05, 0) is 54.3 Å². The molecule has 1 aromatic heterocycles. The number of amides is 2. The van der Waals surface area contributed by atoms with Gasteiger partial charge in [0.15, 0.2) is 11.5 Å². The minimum atomic E-state index is -0.152. The monoisotopic (exact) mass is 471 g/mol. The molecule has 0 aliphatic carbocycles. The SMILES string of the molecule is COc1ccc(NC(=O)C2CCN(C(=O)/C=C/c3ccccc3)CC2)cc1OCc1ccncc1. The molecule has 7 heteroatoms. The number of methoxy groups -OCH3 is 1. The Kier molecular flexibility index (Phi) is 8.12. The lowest BCUT2D eigenvalue weighted by atomic mass is 9.95. The summed E-state index contributed by atoms with van der Waals surface area (Å²) in [6.07, 6.45) is 8.09. The third-order valence-corrected chi connectivity index (χ3v) is 5.97. The fourth-order valence-electron chi connectivity index (χ4n) is 3.95. The first-order chi connectivity index (χ1) is 17.1. The zero-order valence-electron chi connectivity index (χ0n) is 19.7. The van der Waals surface area contributed by atoms with Crippen LogP contribution in [0.2, 0.25) is 0 Å². The van der Waals surface area contributed by atoms with Gasteiger partial charge in [-0.1, -0.05) is 30.3 Å². The molecule has 2 amide bonds. The van der Waals surface area contributed by atoms with Gasteiger partial charge < -0.3 is 19.7 Å². The van der Waals surface area contributed by atoms with Crippen LogP contribution in [0.1, 0.15) is 24.0 Å². The number of hydrogen-bond acceptors (Lipinski definition) is 5. The topological polar surface area (TPSA) is 80.8 Å². The molecule has 1 N–H and O–H groups in total. The number of carbonyl (C=O) groups is 2. The molecular formula is C28H29N3O4. The zero-order valence-corrected chi connectivity index (χ0v) is 19.7. The molecule has 0 saturated carbocycles. The first-order valence-corrected chi connectivity index (χ1v) is 11.6. The molecule has 0 atom stereocenters. The summed E-state index contributed by atoms with van der Waals surface area (Å²) in [5.74, 6) is 0.904.